The quantitative estimate of drug-likeness (QED) is 0.258. The van der Waals surface area contributed by atoms with Crippen LogP contribution in [0.2, 0.25) is 0 Å². The molecule has 2 aromatic carbocycles. The SMILES string of the molecule is CC(C)n1cc(C(=O)Nc2ccc(Nc3ccnc4cnc(N5CCNCC5)cc34)cc2)c(=O)n(-c2ccc(F)cc2)c1=O. The molecular weight excluding hydrogens is 563 g/mol. The summed E-state index contributed by atoms with van der Waals surface area (Å²) in [6, 6.07) is 15.6. The smallest absolute Gasteiger partial charge is 0.335 e. The number of rotatable bonds is 7. The van der Waals surface area contributed by atoms with E-state index in [2.05, 4.69) is 30.8 Å². The lowest BCUT2D eigenvalue weighted by Gasteiger charge is -2.28. The summed E-state index contributed by atoms with van der Waals surface area (Å²) < 4.78 is 15.7. The van der Waals surface area contributed by atoms with Gasteiger partial charge in [0.05, 0.1) is 17.4 Å². The van der Waals surface area contributed by atoms with Gasteiger partial charge in [-0.15, -0.1) is 0 Å². The van der Waals surface area contributed by atoms with Gasteiger partial charge in [-0.1, -0.05) is 0 Å². The van der Waals surface area contributed by atoms with Crippen molar-refractivity contribution in [1.82, 2.24) is 24.4 Å². The van der Waals surface area contributed by atoms with Crippen molar-refractivity contribution in [2.24, 2.45) is 0 Å². The third-order valence-corrected chi connectivity index (χ3v) is 7.48. The highest BCUT2D eigenvalue weighted by molar-refractivity contribution is 6.04. The first kappa shape index (κ1) is 28.7. The molecule has 0 aliphatic carbocycles. The molecule has 0 atom stereocenters. The van der Waals surface area contributed by atoms with Crippen molar-refractivity contribution in [1.29, 1.82) is 0 Å². The van der Waals surface area contributed by atoms with E-state index in [9.17, 15) is 18.8 Å². The molecule has 0 radical (unpaired) electrons. The minimum atomic E-state index is -0.798. The molecule has 0 bridgehead atoms. The number of carbonyl (C=O) groups is 1. The average molecular weight is 595 g/mol. The standard InChI is InChI=1S/C32H31FN8O3/c1-20(2)40-19-26(31(43)41(32(40)44)24-9-3-21(33)4-10-24)30(42)38-23-7-5-22(6-8-23)37-27-11-12-35-28-18-36-29(17-25(27)28)39-15-13-34-14-16-39/h3-12,17-20,34H,13-16H2,1-2H3,(H,35,37)(H,38,42). The molecule has 12 heteroatoms. The van der Waals surface area contributed by atoms with E-state index in [4.69, 9.17) is 0 Å². The fraction of sp³-hybridized carbons (Fsp3) is 0.219. The Balaban J connectivity index is 1.24. The number of pyridine rings is 2. The first-order valence-corrected chi connectivity index (χ1v) is 14.3. The number of piperazine rings is 1. The molecule has 1 fully saturated rings. The molecule has 1 amide bonds. The first-order valence-electron chi connectivity index (χ1n) is 14.3. The van der Waals surface area contributed by atoms with Crippen LogP contribution in [0.3, 0.4) is 0 Å². The summed E-state index contributed by atoms with van der Waals surface area (Å²) in [5.41, 5.74) is 1.40. The van der Waals surface area contributed by atoms with Gasteiger partial charge in [-0.25, -0.2) is 18.7 Å². The lowest BCUT2D eigenvalue weighted by Crippen LogP contribution is -2.43. The third-order valence-electron chi connectivity index (χ3n) is 7.48. The third kappa shape index (κ3) is 5.79. The maximum atomic E-state index is 13.5. The van der Waals surface area contributed by atoms with E-state index in [1.807, 2.05) is 24.3 Å². The summed E-state index contributed by atoms with van der Waals surface area (Å²) in [6.45, 7) is 7.12. The zero-order valence-electron chi connectivity index (χ0n) is 24.3. The number of benzene rings is 2. The molecule has 6 rings (SSSR count). The largest absolute Gasteiger partial charge is 0.355 e. The van der Waals surface area contributed by atoms with Crippen LogP contribution in [-0.4, -0.2) is 51.2 Å². The van der Waals surface area contributed by atoms with E-state index in [1.165, 1.54) is 22.9 Å². The van der Waals surface area contributed by atoms with Gasteiger partial charge in [0.2, 0.25) is 0 Å². The minimum Gasteiger partial charge on any atom is -0.355 e. The number of hydrogen-bond acceptors (Lipinski definition) is 8. The van der Waals surface area contributed by atoms with Crippen LogP contribution in [0.5, 0.6) is 0 Å². The molecule has 11 nitrogen and oxygen atoms in total. The van der Waals surface area contributed by atoms with Crippen LogP contribution >= 0.6 is 0 Å². The number of aromatic nitrogens is 4. The van der Waals surface area contributed by atoms with Crippen molar-refractivity contribution in [3.63, 3.8) is 0 Å². The molecular formula is C32H31FN8O3. The van der Waals surface area contributed by atoms with Crippen LogP contribution < -0.4 is 32.1 Å². The Bertz CT molecular complexity index is 1950. The Morgan fingerprint density at radius 1 is 0.955 bits per heavy atom. The molecule has 1 saturated heterocycles. The van der Waals surface area contributed by atoms with E-state index >= 15 is 0 Å². The van der Waals surface area contributed by atoms with Crippen LogP contribution in [0.1, 0.15) is 30.2 Å². The van der Waals surface area contributed by atoms with Crippen LogP contribution in [0.25, 0.3) is 16.6 Å². The van der Waals surface area contributed by atoms with Gasteiger partial charge in [0.1, 0.15) is 17.2 Å². The summed E-state index contributed by atoms with van der Waals surface area (Å²) in [4.78, 5) is 51.1. The summed E-state index contributed by atoms with van der Waals surface area (Å²) in [6.07, 6.45) is 4.77. The van der Waals surface area contributed by atoms with Crippen molar-refractivity contribution in [3.05, 3.63) is 111 Å². The van der Waals surface area contributed by atoms with Crippen LogP contribution in [0.4, 0.5) is 27.3 Å². The van der Waals surface area contributed by atoms with Crippen LogP contribution in [-0.2, 0) is 0 Å². The van der Waals surface area contributed by atoms with Gasteiger partial charge in [-0.3, -0.25) is 19.1 Å². The Morgan fingerprint density at radius 3 is 2.36 bits per heavy atom. The highest BCUT2D eigenvalue weighted by Gasteiger charge is 2.20. The van der Waals surface area contributed by atoms with Crippen molar-refractivity contribution < 1.29 is 9.18 Å². The second-order valence-corrected chi connectivity index (χ2v) is 10.8. The summed E-state index contributed by atoms with van der Waals surface area (Å²) in [7, 11) is 0. The molecule has 0 unspecified atom stereocenters. The number of anilines is 4. The predicted octanol–water partition coefficient (Wildman–Crippen LogP) is 4.07. The second-order valence-electron chi connectivity index (χ2n) is 10.8. The Labute approximate surface area is 252 Å². The lowest BCUT2D eigenvalue weighted by molar-refractivity contribution is 0.102. The maximum Gasteiger partial charge on any atom is 0.335 e. The fourth-order valence-electron chi connectivity index (χ4n) is 5.12. The number of nitrogens with zero attached hydrogens (tertiary/aromatic N) is 5. The number of amides is 1. The van der Waals surface area contributed by atoms with Crippen molar-refractivity contribution >= 4 is 39.7 Å². The van der Waals surface area contributed by atoms with Crippen LogP contribution in [0.15, 0.2) is 88.8 Å². The summed E-state index contributed by atoms with van der Waals surface area (Å²) in [5.74, 6) is -0.281. The first-order chi connectivity index (χ1) is 21.3. The van der Waals surface area contributed by atoms with E-state index in [1.54, 1.807) is 38.4 Å². The molecule has 4 heterocycles. The summed E-state index contributed by atoms with van der Waals surface area (Å²) in [5, 5.41) is 10.5. The van der Waals surface area contributed by atoms with Gasteiger partial charge in [0, 0.05) is 67.1 Å². The highest BCUT2D eigenvalue weighted by atomic mass is 19.1. The Morgan fingerprint density at radius 2 is 1.66 bits per heavy atom. The number of carbonyl (C=O) groups excluding carboxylic acids is 1. The zero-order valence-corrected chi connectivity index (χ0v) is 24.3. The van der Waals surface area contributed by atoms with Gasteiger partial charge in [-0.05, 0) is 74.5 Å². The van der Waals surface area contributed by atoms with Crippen molar-refractivity contribution in [3.8, 4) is 5.69 Å². The molecule has 5 aromatic rings. The lowest BCUT2D eigenvalue weighted by atomic mass is 10.2. The Kier molecular flexibility index (Phi) is 7.90. The molecule has 3 N–H and O–H groups in total. The topological polar surface area (TPSA) is 126 Å². The maximum absolute atomic E-state index is 13.5. The van der Waals surface area contributed by atoms with Gasteiger partial charge in [-0.2, -0.15) is 0 Å². The van der Waals surface area contributed by atoms with Gasteiger partial charge < -0.3 is 20.9 Å². The van der Waals surface area contributed by atoms with Crippen molar-refractivity contribution in [2.45, 2.75) is 19.9 Å². The van der Waals surface area contributed by atoms with E-state index in [-0.39, 0.29) is 17.3 Å². The molecule has 0 spiro atoms. The van der Waals surface area contributed by atoms with E-state index in [0.717, 1.165) is 71.0 Å². The molecule has 1 aliphatic rings. The highest BCUT2D eigenvalue weighted by Crippen LogP contribution is 2.28. The van der Waals surface area contributed by atoms with Crippen LogP contribution in [0, 0.1) is 5.82 Å². The van der Waals surface area contributed by atoms with Gasteiger partial charge >= 0.3 is 5.69 Å². The van der Waals surface area contributed by atoms with Gasteiger partial charge in [0.15, 0.2) is 0 Å². The predicted molar refractivity (Wildman–Crippen MR) is 169 cm³/mol. The monoisotopic (exact) mass is 594 g/mol. The molecule has 44 heavy (non-hydrogen) atoms. The number of nitrogens with one attached hydrogen (secondary N) is 3. The van der Waals surface area contributed by atoms with E-state index in [0.29, 0.717) is 5.69 Å². The molecule has 0 saturated carbocycles. The minimum absolute atomic E-state index is 0.167. The number of hydrogen-bond donors (Lipinski definition) is 3. The van der Waals surface area contributed by atoms with Gasteiger partial charge in [0.25, 0.3) is 11.5 Å². The summed E-state index contributed by atoms with van der Waals surface area (Å²) >= 11 is 0. The second kappa shape index (κ2) is 12.1. The molecule has 1 aliphatic heterocycles. The molecule has 3 aromatic heterocycles. The fourth-order valence-corrected chi connectivity index (χ4v) is 5.12. The zero-order chi connectivity index (χ0) is 30.8. The average Bonchev–Trinajstić information content (AvgIpc) is 3.03. The molecule has 224 valence electrons. The van der Waals surface area contributed by atoms with Crippen molar-refractivity contribution in [2.75, 3.05) is 41.7 Å². The number of fused-ring (bicyclic) bond motifs is 1. The number of halogens is 1. The Hall–Kier alpha value is -5.36. The van der Waals surface area contributed by atoms with E-state index < -0.39 is 23.0 Å². The normalized spacial score (nSPS) is 13.3.